The lowest BCUT2D eigenvalue weighted by Gasteiger charge is -2.18. The first-order chi connectivity index (χ1) is 12.7. The number of hydrogen-bond donors (Lipinski definition) is 0. The van der Waals surface area contributed by atoms with E-state index in [1.54, 1.807) is 0 Å². The number of nitrogens with zero attached hydrogens (tertiary/aromatic N) is 3. The van der Waals surface area contributed by atoms with Gasteiger partial charge in [-0.15, -0.1) is 0 Å². The topological polar surface area (TPSA) is 64.4 Å². The first kappa shape index (κ1) is 20.2. The summed E-state index contributed by atoms with van der Waals surface area (Å²) in [6.07, 6.45) is 0.647. The van der Waals surface area contributed by atoms with Crippen LogP contribution in [0.1, 0.15) is 29.4 Å². The highest BCUT2D eigenvalue weighted by Crippen LogP contribution is 2.27. The van der Waals surface area contributed by atoms with Crippen LogP contribution in [-0.4, -0.2) is 54.8 Å². The molecule has 1 aromatic carbocycles. The fraction of sp³-hybridized carbons (Fsp3) is 0.526. The van der Waals surface area contributed by atoms with Crippen LogP contribution in [0.2, 0.25) is 5.02 Å². The first-order valence-electron chi connectivity index (χ1n) is 9.07. The molecule has 2 aromatic rings. The van der Waals surface area contributed by atoms with Gasteiger partial charge in [0.25, 0.3) is 0 Å². The summed E-state index contributed by atoms with van der Waals surface area (Å²) in [6.45, 7) is 6.11. The number of aryl methyl sites for hydroxylation is 1. The van der Waals surface area contributed by atoms with E-state index in [2.05, 4.69) is 10.00 Å². The molecule has 0 spiro atoms. The molecular formula is C19H26ClN3O3S. The summed E-state index contributed by atoms with van der Waals surface area (Å²) < 4.78 is 31.2. The molecule has 148 valence electrons. The Balaban J connectivity index is 1.57. The van der Waals surface area contributed by atoms with Gasteiger partial charge < -0.3 is 4.74 Å². The van der Waals surface area contributed by atoms with E-state index < -0.39 is 9.84 Å². The summed E-state index contributed by atoms with van der Waals surface area (Å²) >= 11 is 5.88. The molecule has 0 saturated carbocycles. The number of sulfone groups is 1. The van der Waals surface area contributed by atoms with Crippen LogP contribution in [-0.2, 0) is 16.4 Å². The first-order valence-corrected chi connectivity index (χ1v) is 11.3. The molecule has 27 heavy (non-hydrogen) atoms. The van der Waals surface area contributed by atoms with Crippen molar-refractivity contribution in [2.24, 2.45) is 0 Å². The SMILES string of the molecule is Cc1nn([C@@H]2CCS(=O)(=O)C2)c(C)c1CN(C)CCOc1ccc(Cl)cc1. The van der Waals surface area contributed by atoms with Crippen LogP contribution >= 0.6 is 11.6 Å². The van der Waals surface area contributed by atoms with Gasteiger partial charge in [-0.25, -0.2) is 8.42 Å². The minimum atomic E-state index is -2.92. The van der Waals surface area contributed by atoms with Crippen molar-refractivity contribution in [1.82, 2.24) is 14.7 Å². The average Bonchev–Trinajstić information content (AvgIpc) is 3.10. The van der Waals surface area contributed by atoms with Gasteiger partial charge in [0.2, 0.25) is 0 Å². The van der Waals surface area contributed by atoms with Gasteiger partial charge in [0.1, 0.15) is 12.4 Å². The predicted octanol–water partition coefficient (Wildman–Crippen LogP) is 3.02. The third-order valence-corrected chi connectivity index (χ3v) is 7.01. The maximum atomic E-state index is 11.8. The number of rotatable bonds is 7. The van der Waals surface area contributed by atoms with E-state index in [0.29, 0.717) is 18.1 Å². The van der Waals surface area contributed by atoms with Gasteiger partial charge in [0.05, 0.1) is 23.2 Å². The van der Waals surface area contributed by atoms with Crippen molar-refractivity contribution in [3.05, 3.63) is 46.2 Å². The molecule has 6 nitrogen and oxygen atoms in total. The maximum Gasteiger partial charge on any atom is 0.152 e. The molecule has 0 N–H and O–H groups in total. The molecule has 0 bridgehead atoms. The van der Waals surface area contributed by atoms with Crippen molar-refractivity contribution in [2.45, 2.75) is 32.9 Å². The van der Waals surface area contributed by atoms with E-state index in [4.69, 9.17) is 16.3 Å². The van der Waals surface area contributed by atoms with E-state index in [-0.39, 0.29) is 17.5 Å². The fourth-order valence-corrected chi connectivity index (χ4v) is 5.27. The van der Waals surface area contributed by atoms with Gasteiger partial charge in [0.15, 0.2) is 9.84 Å². The van der Waals surface area contributed by atoms with E-state index in [1.165, 1.54) is 0 Å². The van der Waals surface area contributed by atoms with E-state index >= 15 is 0 Å². The van der Waals surface area contributed by atoms with E-state index in [0.717, 1.165) is 35.8 Å². The Morgan fingerprint density at radius 3 is 2.63 bits per heavy atom. The van der Waals surface area contributed by atoms with Gasteiger partial charge in [-0.1, -0.05) is 11.6 Å². The molecule has 0 aliphatic carbocycles. The second-order valence-corrected chi connectivity index (χ2v) is 9.86. The Kier molecular flexibility index (Phi) is 6.13. The number of hydrogen-bond acceptors (Lipinski definition) is 5. The molecule has 1 atom stereocenters. The van der Waals surface area contributed by atoms with Gasteiger partial charge in [-0.3, -0.25) is 9.58 Å². The van der Waals surface area contributed by atoms with E-state index in [1.807, 2.05) is 49.8 Å². The summed E-state index contributed by atoms with van der Waals surface area (Å²) in [5, 5.41) is 5.32. The van der Waals surface area contributed by atoms with Crippen LogP contribution in [0, 0.1) is 13.8 Å². The number of benzene rings is 1. The highest BCUT2D eigenvalue weighted by Gasteiger charge is 2.31. The molecule has 3 rings (SSSR count). The Morgan fingerprint density at radius 2 is 2.00 bits per heavy atom. The second kappa shape index (κ2) is 8.20. The maximum absolute atomic E-state index is 11.8. The van der Waals surface area contributed by atoms with Crippen molar-refractivity contribution in [3.8, 4) is 5.75 Å². The molecule has 1 aromatic heterocycles. The normalized spacial score (nSPS) is 18.9. The van der Waals surface area contributed by atoms with Crippen LogP contribution in [0.5, 0.6) is 5.75 Å². The summed E-state index contributed by atoms with van der Waals surface area (Å²) in [5.41, 5.74) is 3.18. The van der Waals surface area contributed by atoms with Gasteiger partial charge >= 0.3 is 0 Å². The van der Waals surface area contributed by atoms with Crippen molar-refractivity contribution >= 4 is 21.4 Å². The standard InChI is InChI=1S/C19H26ClN3O3S/c1-14-19(15(2)23(21-14)17-8-11-27(24,25)13-17)12-22(3)9-10-26-18-6-4-16(20)5-7-18/h4-7,17H,8-13H2,1-3H3/t17-/m1/s1. The predicted molar refractivity (Wildman–Crippen MR) is 107 cm³/mol. The molecule has 0 unspecified atom stereocenters. The van der Waals surface area contributed by atoms with Crippen LogP contribution in [0.3, 0.4) is 0 Å². The molecule has 1 saturated heterocycles. The van der Waals surface area contributed by atoms with Crippen molar-refractivity contribution in [3.63, 3.8) is 0 Å². The summed E-state index contributed by atoms with van der Waals surface area (Å²) in [4.78, 5) is 2.18. The Hall–Kier alpha value is -1.57. The molecule has 1 aliphatic rings. The smallest absolute Gasteiger partial charge is 0.152 e. The average molecular weight is 412 g/mol. The Labute approximate surface area is 166 Å². The number of ether oxygens (including phenoxy) is 1. The van der Waals surface area contributed by atoms with Crippen molar-refractivity contribution < 1.29 is 13.2 Å². The number of halogens is 1. The van der Waals surface area contributed by atoms with Crippen molar-refractivity contribution in [2.75, 3.05) is 31.7 Å². The molecular weight excluding hydrogens is 386 g/mol. The monoisotopic (exact) mass is 411 g/mol. The van der Waals surface area contributed by atoms with Gasteiger partial charge in [0, 0.05) is 29.4 Å². The summed E-state index contributed by atoms with van der Waals surface area (Å²) in [5.74, 6) is 1.25. The van der Waals surface area contributed by atoms with Gasteiger partial charge in [-0.2, -0.15) is 5.10 Å². The fourth-order valence-electron chi connectivity index (χ4n) is 3.45. The minimum absolute atomic E-state index is 0.0407. The lowest BCUT2D eigenvalue weighted by molar-refractivity contribution is 0.232. The van der Waals surface area contributed by atoms with E-state index in [9.17, 15) is 8.42 Å². The molecule has 0 radical (unpaired) electrons. The molecule has 2 heterocycles. The third-order valence-electron chi connectivity index (χ3n) is 5.01. The van der Waals surface area contributed by atoms with Crippen LogP contribution in [0.15, 0.2) is 24.3 Å². The highest BCUT2D eigenvalue weighted by atomic mass is 35.5. The third kappa shape index (κ3) is 5.03. The highest BCUT2D eigenvalue weighted by molar-refractivity contribution is 7.91. The Morgan fingerprint density at radius 1 is 1.30 bits per heavy atom. The summed E-state index contributed by atoms with van der Waals surface area (Å²) in [6, 6.07) is 7.30. The number of likely N-dealkylation sites (N-methyl/N-ethyl adjacent to an activating group) is 1. The molecule has 1 fully saturated rings. The summed E-state index contributed by atoms with van der Waals surface area (Å²) in [7, 11) is -0.881. The zero-order valence-electron chi connectivity index (χ0n) is 16.0. The van der Waals surface area contributed by atoms with Crippen LogP contribution in [0.4, 0.5) is 0 Å². The van der Waals surface area contributed by atoms with Crippen LogP contribution in [0.25, 0.3) is 0 Å². The Bertz CT molecular complexity index is 894. The largest absolute Gasteiger partial charge is 0.492 e. The quantitative estimate of drug-likeness (QED) is 0.700. The zero-order chi connectivity index (χ0) is 19.6. The second-order valence-electron chi connectivity index (χ2n) is 7.19. The number of aromatic nitrogens is 2. The molecule has 1 aliphatic heterocycles. The van der Waals surface area contributed by atoms with Crippen molar-refractivity contribution in [1.29, 1.82) is 0 Å². The zero-order valence-corrected chi connectivity index (χ0v) is 17.6. The molecule has 0 amide bonds. The lowest BCUT2D eigenvalue weighted by Crippen LogP contribution is -2.24. The lowest BCUT2D eigenvalue weighted by atomic mass is 10.1. The van der Waals surface area contributed by atoms with Crippen LogP contribution < -0.4 is 4.74 Å². The van der Waals surface area contributed by atoms with Gasteiger partial charge in [-0.05, 0) is 51.6 Å². The minimum Gasteiger partial charge on any atom is -0.492 e. The molecule has 8 heteroatoms.